The topological polar surface area (TPSA) is 205 Å². The van der Waals surface area contributed by atoms with Crippen molar-refractivity contribution in [3.05, 3.63) is 111 Å². The molecule has 0 atom stereocenters. The van der Waals surface area contributed by atoms with Gasteiger partial charge in [0.05, 0.1) is 15.5 Å². The van der Waals surface area contributed by atoms with Crippen LogP contribution >= 0.6 is 0 Å². The first-order valence-electron chi connectivity index (χ1n) is 11.5. The van der Waals surface area contributed by atoms with Crippen LogP contribution in [0.15, 0.2) is 105 Å². The molecule has 16 heteroatoms. The van der Waals surface area contributed by atoms with Crippen molar-refractivity contribution in [1.82, 2.24) is 4.98 Å². The molecule has 1 heterocycles. The Morgan fingerprint density at radius 1 is 0.659 bits per heavy atom. The van der Waals surface area contributed by atoms with Crippen molar-refractivity contribution in [2.75, 3.05) is 9.44 Å². The van der Waals surface area contributed by atoms with Crippen molar-refractivity contribution in [2.24, 2.45) is 0 Å². The van der Waals surface area contributed by atoms with Gasteiger partial charge in [0.15, 0.2) is 15.4 Å². The highest BCUT2D eigenvalue weighted by Gasteiger charge is 2.26. The van der Waals surface area contributed by atoms with Crippen LogP contribution in [0, 0.1) is 20.2 Å². The molecular weight excluding hydrogens is 578 g/mol. The highest BCUT2D eigenvalue weighted by molar-refractivity contribution is 7.93. The number of benzene rings is 4. The van der Waals surface area contributed by atoms with Crippen LogP contribution in [0.25, 0.3) is 22.6 Å². The minimum Gasteiger partial charge on any atom is -0.436 e. The number of anilines is 2. The van der Waals surface area contributed by atoms with Gasteiger partial charge in [0.25, 0.3) is 31.4 Å². The summed E-state index contributed by atoms with van der Waals surface area (Å²) in [5, 5.41) is 22.5. The van der Waals surface area contributed by atoms with E-state index < -0.39 is 51.1 Å². The fourth-order valence-electron chi connectivity index (χ4n) is 3.89. The van der Waals surface area contributed by atoms with Crippen LogP contribution in [0.1, 0.15) is 0 Å². The number of aromatic nitrogens is 1. The van der Waals surface area contributed by atoms with E-state index in [1.54, 1.807) is 0 Å². The molecule has 0 saturated carbocycles. The summed E-state index contributed by atoms with van der Waals surface area (Å²) in [5.41, 5.74) is 0.143. The van der Waals surface area contributed by atoms with Gasteiger partial charge in [-0.3, -0.25) is 29.7 Å². The number of fused-ring (bicyclic) bond motifs is 1. The molecular formula is C25H17N5O9S2. The van der Waals surface area contributed by atoms with E-state index >= 15 is 0 Å². The highest BCUT2D eigenvalue weighted by Crippen LogP contribution is 2.30. The third-order valence-electron chi connectivity index (χ3n) is 5.73. The van der Waals surface area contributed by atoms with Crippen molar-refractivity contribution in [2.45, 2.75) is 9.79 Å². The number of nitrogens with zero attached hydrogens (tertiary/aromatic N) is 3. The maximum atomic E-state index is 12.8. The van der Waals surface area contributed by atoms with E-state index in [1.165, 1.54) is 66.7 Å². The van der Waals surface area contributed by atoms with Crippen molar-refractivity contribution < 1.29 is 31.1 Å². The number of nitro groups is 2. The fraction of sp³-hybridized carbons (Fsp3) is 0. The summed E-state index contributed by atoms with van der Waals surface area (Å²) in [7, 11) is -8.55. The average Bonchev–Trinajstić information content (AvgIpc) is 3.36. The number of oxazole rings is 1. The molecule has 0 saturated heterocycles. The average molecular weight is 596 g/mol. The summed E-state index contributed by atoms with van der Waals surface area (Å²) < 4.78 is 61.5. The van der Waals surface area contributed by atoms with Crippen LogP contribution in [-0.2, 0) is 20.0 Å². The van der Waals surface area contributed by atoms with E-state index in [1.807, 2.05) is 0 Å². The molecule has 0 aliphatic heterocycles. The SMILES string of the molecule is O=[N+]([O-])c1ccccc1S(=O)(=O)Nc1ccc(-c2nc3cc(NS(=O)(=O)c4ccccc4[N+](=O)[O-])ccc3o2)cc1. The summed E-state index contributed by atoms with van der Waals surface area (Å²) in [6, 6.07) is 20.0. The van der Waals surface area contributed by atoms with Gasteiger partial charge in [-0.1, -0.05) is 24.3 Å². The minimum absolute atomic E-state index is 0.0928. The Morgan fingerprint density at radius 3 is 1.68 bits per heavy atom. The normalized spacial score (nSPS) is 11.7. The minimum atomic E-state index is -4.29. The predicted molar refractivity (Wildman–Crippen MR) is 147 cm³/mol. The van der Waals surface area contributed by atoms with E-state index in [0.717, 1.165) is 24.3 Å². The molecule has 4 aromatic carbocycles. The molecule has 0 fully saturated rings. The van der Waals surface area contributed by atoms with Gasteiger partial charge < -0.3 is 4.42 Å². The number of para-hydroxylation sites is 2. The molecule has 0 aliphatic rings. The Balaban J connectivity index is 1.37. The van der Waals surface area contributed by atoms with Crippen LogP contribution in [0.4, 0.5) is 22.7 Å². The first-order chi connectivity index (χ1) is 19.4. The van der Waals surface area contributed by atoms with E-state index in [0.29, 0.717) is 11.1 Å². The van der Waals surface area contributed by atoms with Crippen LogP contribution in [-0.4, -0.2) is 31.7 Å². The molecule has 0 unspecified atom stereocenters. The lowest BCUT2D eigenvalue weighted by Crippen LogP contribution is -2.14. The van der Waals surface area contributed by atoms with Gasteiger partial charge >= 0.3 is 0 Å². The zero-order valence-corrected chi connectivity index (χ0v) is 22.1. The molecule has 0 amide bonds. The van der Waals surface area contributed by atoms with E-state index in [2.05, 4.69) is 14.4 Å². The zero-order chi connectivity index (χ0) is 29.4. The monoisotopic (exact) mass is 595 g/mol. The summed E-state index contributed by atoms with van der Waals surface area (Å²) in [5.74, 6) is 0.145. The van der Waals surface area contributed by atoms with Crippen LogP contribution < -0.4 is 9.44 Å². The zero-order valence-electron chi connectivity index (χ0n) is 20.5. The Kier molecular flexibility index (Phi) is 6.85. The maximum Gasteiger partial charge on any atom is 0.289 e. The molecule has 5 rings (SSSR count). The number of hydrogen-bond acceptors (Lipinski definition) is 10. The van der Waals surface area contributed by atoms with Gasteiger partial charge in [0.1, 0.15) is 5.52 Å². The van der Waals surface area contributed by atoms with Crippen LogP contribution in [0.2, 0.25) is 0 Å². The number of nitrogens with one attached hydrogen (secondary N) is 2. The second kappa shape index (κ2) is 10.3. The lowest BCUT2D eigenvalue weighted by atomic mass is 10.2. The summed E-state index contributed by atoms with van der Waals surface area (Å²) >= 11 is 0. The fourth-order valence-corrected chi connectivity index (χ4v) is 6.34. The standard InChI is InChI=1S/C25H17N5O9S2/c31-29(32)20-5-1-3-7-23(20)40(35,36)27-17-11-9-16(10-12-17)25-26-19-15-18(13-14-22(19)39-25)28-41(37,38)24-8-4-2-6-21(24)30(33)34/h1-15,27-28H. The molecule has 208 valence electrons. The molecule has 14 nitrogen and oxygen atoms in total. The number of sulfonamides is 2. The second-order valence-corrected chi connectivity index (χ2v) is 11.7. The first-order valence-corrected chi connectivity index (χ1v) is 14.4. The van der Waals surface area contributed by atoms with E-state index in [4.69, 9.17) is 4.42 Å². The summed E-state index contributed by atoms with van der Waals surface area (Å²) in [6.07, 6.45) is 0. The van der Waals surface area contributed by atoms with E-state index in [9.17, 15) is 37.1 Å². The molecule has 0 radical (unpaired) electrons. The van der Waals surface area contributed by atoms with Crippen molar-refractivity contribution in [3.8, 4) is 11.5 Å². The van der Waals surface area contributed by atoms with Crippen molar-refractivity contribution in [3.63, 3.8) is 0 Å². The molecule has 0 bridgehead atoms. The van der Waals surface area contributed by atoms with Gasteiger partial charge in [-0.05, 0) is 54.6 Å². The third kappa shape index (κ3) is 5.54. The smallest absolute Gasteiger partial charge is 0.289 e. The van der Waals surface area contributed by atoms with Gasteiger partial charge in [-0.2, -0.15) is 0 Å². The summed E-state index contributed by atoms with van der Waals surface area (Å²) in [4.78, 5) is 24.3. The van der Waals surface area contributed by atoms with Crippen LogP contribution in [0.3, 0.4) is 0 Å². The lowest BCUT2D eigenvalue weighted by Gasteiger charge is -2.08. The maximum absolute atomic E-state index is 12.8. The molecule has 0 aliphatic carbocycles. The lowest BCUT2D eigenvalue weighted by molar-refractivity contribution is -0.388. The Bertz CT molecular complexity index is 2040. The predicted octanol–water partition coefficient (Wildman–Crippen LogP) is 4.91. The molecule has 41 heavy (non-hydrogen) atoms. The molecule has 5 aromatic rings. The van der Waals surface area contributed by atoms with E-state index in [-0.39, 0.29) is 22.8 Å². The Hall–Kier alpha value is -5.35. The van der Waals surface area contributed by atoms with Crippen LogP contribution in [0.5, 0.6) is 0 Å². The molecule has 1 aromatic heterocycles. The molecule has 0 spiro atoms. The number of nitro benzene ring substituents is 2. The first kappa shape index (κ1) is 27.2. The van der Waals surface area contributed by atoms with Crippen molar-refractivity contribution >= 4 is 53.9 Å². The van der Waals surface area contributed by atoms with Crippen molar-refractivity contribution in [1.29, 1.82) is 0 Å². The number of hydrogen-bond donors (Lipinski definition) is 2. The highest BCUT2D eigenvalue weighted by atomic mass is 32.2. The van der Waals surface area contributed by atoms with Gasteiger partial charge in [0.2, 0.25) is 5.89 Å². The summed E-state index contributed by atoms with van der Waals surface area (Å²) in [6.45, 7) is 0. The third-order valence-corrected chi connectivity index (χ3v) is 8.58. The Labute approximate surface area is 231 Å². The van der Waals surface area contributed by atoms with Gasteiger partial charge in [-0.25, -0.2) is 21.8 Å². The largest absolute Gasteiger partial charge is 0.436 e. The second-order valence-electron chi connectivity index (χ2n) is 8.44. The van der Waals surface area contributed by atoms with Gasteiger partial charge in [0, 0.05) is 23.4 Å². The number of rotatable bonds is 9. The Morgan fingerprint density at radius 2 is 1.15 bits per heavy atom. The molecule has 2 N–H and O–H groups in total. The quantitative estimate of drug-likeness (QED) is 0.174. The van der Waals surface area contributed by atoms with Gasteiger partial charge in [-0.15, -0.1) is 0 Å².